The van der Waals surface area contributed by atoms with Crippen LogP contribution in [-0.4, -0.2) is 61.7 Å². The summed E-state index contributed by atoms with van der Waals surface area (Å²) in [4.78, 5) is 29.0. The Morgan fingerprint density at radius 1 is 1.33 bits per heavy atom. The number of pyridine rings is 1. The summed E-state index contributed by atoms with van der Waals surface area (Å²) in [5.74, 6) is 0.269. The third-order valence-corrected chi connectivity index (χ3v) is 9.90. The summed E-state index contributed by atoms with van der Waals surface area (Å²) >= 11 is 0. The third kappa shape index (κ3) is 4.33. The van der Waals surface area contributed by atoms with Gasteiger partial charge in [-0.25, -0.2) is 13.2 Å². The first-order valence-corrected chi connectivity index (χ1v) is 14.1. The highest BCUT2D eigenvalue weighted by Crippen LogP contribution is 2.41. The summed E-state index contributed by atoms with van der Waals surface area (Å²) in [5, 5.41) is 27.6. The van der Waals surface area contributed by atoms with Crippen LogP contribution in [0, 0.1) is 11.3 Å². The van der Waals surface area contributed by atoms with Gasteiger partial charge in [0.25, 0.3) is 5.56 Å². The highest BCUT2D eigenvalue weighted by atomic mass is 32.2. The second kappa shape index (κ2) is 9.10. The quantitative estimate of drug-likeness (QED) is 0.441. The van der Waals surface area contributed by atoms with Crippen molar-refractivity contribution in [2.75, 3.05) is 11.9 Å². The molecule has 1 aromatic carbocycles. The molecule has 2 atom stereocenters. The fourth-order valence-corrected chi connectivity index (χ4v) is 7.78. The molecule has 1 saturated heterocycles. The van der Waals surface area contributed by atoms with Crippen LogP contribution in [0.1, 0.15) is 52.5 Å². The Bertz CT molecular complexity index is 1680. The molecule has 39 heavy (non-hydrogen) atoms. The van der Waals surface area contributed by atoms with Gasteiger partial charge in [-0.05, 0) is 70.4 Å². The number of hydrogen-bond donors (Lipinski definition) is 3. The number of amides is 1. The fourth-order valence-electron chi connectivity index (χ4n) is 5.82. The van der Waals surface area contributed by atoms with Gasteiger partial charge in [-0.2, -0.15) is 14.7 Å². The summed E-state index contributed by atoms with van der Waals surface area (Å²) < 4.78 is 29.3. The number of carboxylic acid groups (broad SMARTS) is 1. The molecule has 3 N–H and O–H groups in total. The van der Waals surface area contributed by atoms with E-state index < -0.39 is 27.2 Å². The van der Waals surface area contributed by atoms with Crippen molar-refractivity contribution < 1.29 is 18.3 Å². The molecule has 0 radical (unpaired) electrons. The number of fused-ring (bicyclic) bond motifs is 2. The highest BCUT2D eigenvalue weighted by Gasteiger charge is 2.44. The number of piperidine rings is 1. The van der Waals surface area contributed by atoms with Gasteiger partial charge >= 0.3 is 6.09 Å². The van der Waals surface area contributed by atoms with E-state index >= 15 is 0 Å². The van der Waals surface area contributed by atoms with E-state index in [1.807, 2.05) is 20.8 Å². The Kier molecular flexibility index (Phi) is 6.23. The standard InChI is InChI=1S/C26H31N7O5S/c1-16-14-26(8-10-27,9-12-31(16)24(35)36)33-19-7-11-28-23(34)21(19)22(30-33)29-18-5-6-20-17(13-18)15-32(25(2,3)4)39(20,37)38/h5-7,11,13,16H,8-9,12,14-15H2,1-4H3,(H,28,34)(H,29,30)(H,35,36). The van der Waals surface area contributed by atoms with Crippen molar-refractivity contribution in [2.45, 2.75) is 75.5 Å². The molecule has 4 heterocycles. The zero-order valence-electron chi connectivity index (χ0n) is 22.2. The lowest BCUT2D eigenvalue weighted by Gasteiger charge is -2.43. The maximum atomic E-state index is 13.1. The molecule has 3 aromatic rings. The van der Waals surface area contributed by atoms with Gasteiger partial charge in [-0.1, -0.05) is 0 Å². The van der Waals surface area contributed by atoms with Crippen molar-refractivity contribution in [1.29, 1.82) is 5.26 Å². The van der Waals surface area contributed by atoms with E-state index in [0.29, 0.717) is 35.0 Å². The zero-order chi connectivity index (χ0) is 28.3. The van der Waals surface area contributed by atoms with Crippen molar-refractivity contribution in [1.82, 2.24) is 24.0 Å². The van der Waals surface area contributed by atoms with Crippen LogP contribution >= 0.6 is 0 Å². The molecule has 12 nitrogen and oxygen atoms in total. The molecular formula is C26H31N7O5S. The average Bonchev–Trinajstić information content (AvgIpc) is 3.34. The predicted molar refractivity (Wildman–Crippen MR) is 144 cm³/mol. The molecule has 1 amide bonds. The third-order valence-electron chi connectivity index (χ3n) is 7.69. The largest absolute Gasteiger partial charge is 0.465 e. The van der Waals surface area contributed by atoms with Crippen LogP contribution in [-0.2, 0) is 22.1 Å². The number of carbonyl (C=O) groups is 1. The number of benzene rings is 1. The molecule has 0 spiro atoms. The SMILES string of the molecule is CC1CC(CC#N)(n2nc(Nc3ccc4c(c3)CN(C(C)(C)C)S4(=O)=O)c3c(=O)[nH]ccc32)CCN1C(=O)O. The molecule has 0 aliphatic carbocycles. The maximum Gasteiger partial charge on any atom is 0.407 e. The summed E-state index contributed by atoms with van der Waals surface area (Å²) in [6, 6.07) is 8.55. The smallest absolute Gasteiger partial charge is 0.407 e. The van der Waals surface area contributed by atoms with E-state index in [0.717, 1.165) is 0 Å². The van der Waals surface area contributed by atoms with Gasteiger partial charge in [0.15, 0.2) is 5.82 Å². The van der Waals surface area contributed by atoms with Crippen LogP contribution < -0.4 is 10.9 Å². The van der Waals surface area contributed by atoms with Crippen molar-refractivity contribution in [3.8, 4) is 6.07 Å². The number of aromatic nitrogens is 3. The van der Waals surface area contributed by atoms with Crippen molar-refractivity contribution in [3.05, 3.63) is 46.4 Å². The minimum Gasteiger partial charge on any atom is -0.465 e. The summed E-state index contributed by atoms with van der Waals surface area (Å²) in [6.45, 7) is 7.81. The number of likely N-dealkylation sites (tertiary alicyclic amines) is 1. The van der Waals surface area contributed by atoms with Crippen molar-refractivity contribution in [3.63, 3.8) is 0 Å². The van der Waals surface area contributed by atoms with Crippen LogP contribution in [0.2, 0.25) is 0 Å². The summed E-state index contributed by atoms with van der Waals surface area (Å²) in [6.07, 6.45) is 1.31. The lowest BCUT2D eigenvalue weighted by molar-refractivity contribution is 0.0585. The molecule has 5 rings (SSSR count). The molecule has 13 heteroatoms. The van der Waals surface area contributed by atoms with Gasteiger partial charge in [0.05, 0.1) is 28.4 Å². The Balaban J connectivity index is 1.57. The molecular weight excluding hydrogens is 522 g/mol. The maximum absolute atomic E-state index is 13.1. The first-order chi connectivity index (χ1) is 18.3. The Morgan fingerprint density at radius 2 is 2.08 bits per heavy atom. The number of nitrogens with zero attached hydrogens (tertiary/aromatic N) is 5. The molecule has 2 unspecified atom stereocenters. The van der Waals surface area contributed by atoms with E-state index in [2.05, 4.69) is 16.4 Å². The number of rotatable bonds is 4. The molecule has 1 fully saturated rings. The molecule has 0 saturated carbocycles. The van der Waals surface area contributed by atoms with Crippen LogP contribution in [0.3, 0.4) is 0 Å². The van der Waals surface area contributed by atoms with Gasteiger partial charge in [0.2, 0.25) is 10.0 Å². The van der Waals surface area contributed by atoms with E-state index in [1.165, 1.54) is 15.4 Å². The van der Waals surface area contributed by atoms with Gasteiger partial charge in [-0.3, -0.25) is 9.48 Å². The Labute approximate surface area is 225 Å². The fraction of sp³-hybridized carbons (Fsp3) is 0.462. The van der Waals surface area contributed by atoms with Crippen molar-refractivity contribution >= 4 is 38.5 Å². The second-order valence-corrected chi connectivity index (χ2v) is 13.1. The molecule has 0 bridgehead atoms. The van der Waals surface area contributed by atoms with Gasteiger partial charge in [0.1, 0.15) is 5.39 Å². The molecule has 2 aliphatic rings. The molecule has 2 aliphatic heterocycles. The van der Waals surface area contributed by atoms with E-state index in [9.17, 15) is 28.4 Å². The highest BCUT2D eigenvalue weighted by molar-refractivity contribution is 7.89. The van der Waals surface area contributed by atoms with Crippen LogP contribution in [0.25, 0.3) is 10.9 Å². The lowest BCUT2D eigenvalue weighted by atomic mass is 9.81. The second-order valence-electron chi connectivity index (χ2n) is 11.3. The lowest BCUT2D eigenvalue weighted by Crippen LogP contribution is -2.52. The topological polar surface area (TPSA) is 164 Å². The van der Waals surface area contributed by atoms with Crippen molar-refractivity contribution in [2.24, 2.45) is 0 Å². The number of anilines is 2. The van der Waals surface area contributed by atoms with Gasteiger partial charge in [-0.15, -0.1) is 0 Å². The number of aromatic amines is 1. The number of nitriles is 1. The number of sulfonamides is 1. The first-order valence-electron chi connectivity index (χ1n) is 12.7. The molecule has 2 aromatic heterocycles. The number of H-pyrrole nitrogens is 1. The Morgan fingerprint density at radius 3 is 2.72 bits per heavy atom. The molecule has 206 valence electrons. The van der Waals surface area contributed by atoms with Crippen LogP contribution in [0.4, 0.5) is 16.3 Å². The summed E-state index contributed by atoms with van der Waals surface area (Å²) in [7, 11) is -3.62. The van der Waals surface area contributed by atoms with Gasteiger partial charge < -0.3 is 20.3 Å². The number of hydrogen-bond acceptors (Lipinski definition) is 7. The van der Waals surface area contributed by atoms with E-state index in [1.54, 1.807) is 35.9 Å². The van der Waals surface area contributed by atoms with Crippen LogP contribution in [0.15, 0.2) is 40.2 Å². The Hall–Kier alpha value is -3.89. The number of nitrogens with one attached hydrogen (secondary N) is 2. The first kappa shape index (κ1) is 26.7. The minimum atomic E-state index is -3.62. The van der Waals surface area contributed by atoms with Crippen LogP contribution in [0.5, 0.6) is 0 Å². The monoisotopic (exact) mass is 553 g/mol. The average molecular weight is 554 g/mol. The normalized spacial score (nSPS) is 22.9. The summed E-state index contributed by atoms with van der Waals surface area (Å²) in [5.41, 5.74) is -0.0370. The van der Waals surface area contributed by atoms with Gasteiger partial charge in [0, 0.05) is 36.6 Å². The predicted octanol–water partition coefficient (Wildman–Crippen LogP) is 3.54. The minimum absolute atomic E-state index is 0.0904. The zero-order valence-corrected chi connectivity index (χ0v) is 23.0. The van der Waals surface area contributed by atoms with E-state index in [-0.39, 0.29) is 41.8 Å². The van der Waals surface area contributed by atoms with E-state index in [4.69, 9.17) is 5.10 Å².